The molecule has 2 aromatic carbocycles. The number of carbonyl (C=O) groups excluding carboxylic acids is 1. The lowest BCUT2D eigenvalue weighted by molar-refractivity contribution is -0.133. The maximum atomic E-state index is 13.0. The molecule has 0 bridgehead atoms. The second-order valence-corrected chi connectivity index (χ2v) is 7.08. The van der Waals surface area contributed by atoms with E-state index in [1.165, 1.54) is 9.58 Å². The van der Waals surface area contributed by atoms with Gasteiger partial charge in [-0.15, -0.1) is 0 Å². The van der Waals surface area contributed by atoms with Gasteiger partial charge < -0.3 is 9.42 Å². The zero-order chi connectivity index (χ0) is 21.3. The SMILES string of the molecule is Cc1noc(C(C)N(C)C(=O)Cn2nc(-c3ccccc3)c3ccccc3c2=O)n1. The lowest BCUT2D eigenvalue weighted by Gasteiger charge is -2.22. The molecule has 1 unspecified atom stereocenters. The highest BCUT2D eigenvalue weighted by Gasteiger charge is 2.23. The van der Waals surface area contributed by atoms with Crippen molar-refractivity contribution >= 4 is 16.7 Å². The minimum Gasteiger partial charge on any atom is -0.337 e. The molecule has 30 heavy (non-hydrogen) atoms. The second-order valence-electron chi connectivity index (χ2n) is 7.08. The number of aryl methyl sites for hydroxylation is 1. The molecule has 1 atom stereocenters. The number of carbonyl (C=O) groups is 1. The van der Waals surface area contributed by atoms with E-state index in [0.29, 0.717) is 22.8 Å². The van der Waals surface area contributed by atoms with Crippen molar-refractivity contribution in [2.75, 3.05) is 7.05 Å². The summed E-state index contributed by atoms with van der Waals surface area (Å²) in [4.78, 5) is 31.6. The van der Waals surface area contributed by atoms with Crippen LogP contribution in [0, 0.1) is 6.92 Å². The highest BCUT2D eigenvalue weighted by Crippen LogP contribution is 2.24. The van der Waals surface area contributed by atoms with E-state index in [9.17, 15) is 9.59 Å². The normalized spacial score (nSPS) is 12.1. The molecular formula is C22H21N5O3. The molecule has 0 saturated heterocycles. The molecule has 0 saturated carbocycles. The van der Waals surface area contributed by atoms with Gasteiger partial charge in [0.2, 0.25) is 11.8 Å². The van der Waals surface area contributed by atoms with E-state index in [0.717, 1.165) is 10.9 Å². The van der Waals surface area contributed by atoms with Gasteiger partial charge >= 0.3 is 0 Å². The van der Waals surface area contributed by atoms with Gasteiger partial charge in [0.1, 0.15) is 12.6 Å². The monoisotopic (exact) mass is 403 g/mol. The molecule has 8 heteroatoms. The predicted octanol–water partition coefficient (Wildman–Crippen LogP) is 2.97. The van der Waals surface area contributed by atoms with Crippen molar-refractivity contribution in [2.24, 2.45) is 0 Å². The minimum absolute atomic E-state index is 0.197. The van der Waals surface area contributed by atoms with Crippen LogP contribution in [0.2, 0.25) is 0 Å². The summed E-state index contributed by atoms with van der Waals surface area (Å²) in [6.07, 6.45) is 0. The zero-order valence-corrected chi connectivity index (χ0v) is 16.9. The van der Waals surface area contributed by atoms with Crippen LogP contribution in [-0.4, -0.2) is 37.8 Å². The van der Waals surface area contributed by atoms with Crippen LogP contribution in [0.1, 0.15) is 24.7 Å². The van der Waals surface area contributed by atoms with Gasteiger partial charge in [0.25, 0.3) is 5.56 Å². The molecule has 2 aromatic heterocycles. The van der Waals surface area contributed by atoms with Gasteiger partial charge in [0.15, 0.2) is 5.82 Å². The molecular weight excluding hydrogens is 382 g/mol. The summed E-state index contributed by atoms with van der Waals surface area (Å²) >= 11 is 0. The summed E-state index contributed by atoms with van der Waals surface area (Å²) in [7, 11) is 1.64. The van der Waals surface area contributed by atoms with Crippen LogP contribution in [0.25, 0.3) is 22.0 Å². The van der Waals surface area contributed by atoms with Gasteiger partial charge in [-0.2, -0.15) is 10.1 Å². The summed E-state index contributed by atoms with van der Waals surface area (Å²) in [5.74, 6) is 0.548. The number of hydrogen-bond donors (Lipinski definition) is 0. The van der Waals surface area contributed by atoms with Crippen LogP contribution in [0.4, 0.5) is 0 Å². The molecule has 0 aliphatic rings. The molecule has 1 amide bonds. The minimum atomic E-state index is -0.427. The van der Waals surface area contributed by atoms with Gasteiger partial charge in [-0.05, 0) is 19.9 Å². The Hall–Kier alpha value is -3.81. The Balaban J connectivity index is 1.71. The Morgan fingerprint density at radius 2 is 1.77 bits per heavy atom. The van der Waals surface area contributed by atoms with E-state index in [2.05, 4.69) is 15.2 Å². The summed E-state index contributed by atoms with van der Waals surface area (Å²) in [5.41, 5.74) is 1.22. The summed E-state index contributed by atoms with van der Waals surface area (Å²) in [5, 5.41) is 9.57. The first-order chi connectivity index (χ1) is 14.5. The number of aromatic nitrogens is 4. The van der Waals surface area contributed by atoms with E-state index in [4.69, 9.17) is 4.52 Å². The Bertz CT molecular complexity index is 1260. The fourth-order valence-electron chi connectivity index (χ4n) is 3.26. The summed E-state index contributed by atoms with van der Waals surface area (Å²) < 4.78 is 6.38. The number of likely N-dealkylation sites (N-methyl/N-ethyl adjacent to an activating group) is 1. The smallest absolute Gasteiger partial charge is 0.275 e. The molecule has 8 nitrogen and oxygen atoms in total. The number of rotatable bonds is 5. The topological polar surface area (TPSA) is 94.1 Å². The van der Waals surface area contributed by atoms with Crippen LogP contribution in [-0.2, 0) is 11.3 Å². The van der Waals surface area contributed by atoms with Crippen LogP contribution < -0.4 is 5.56 Å². The third kappa shape index (κ3) is 3.59. The van der Waals surface area contributed by atoms with Crippen molar-refractivity contribution in [3.05, 3.63) is 76.7 Å². The molecule has 4 aromatic rings. The van der Waals surface area contributed by atoms with Crippen molar-refractivity contribution < 1.29 is 9.32 Å². The molecule has 0 radical (unpaired) electrons. The molecule has 4 rings (SSSR count). The maximum absolute atomic E-state index is 13.0. The molecule has 0 spiro atoms. The highest BCUT2D eigenvalue weighted by molar-refractivity contribution is 5.93. The average molecular weight is 403 g/mol. The van der Waals surface area contributed by atoms with Crippen molar-refractivity contribution in [2.45, 2.75) is 26.4 Å². The Morgan fingerprint density at radius 1 is 1.10 bits per heavy atom. The van der Waals surface area contributed by atoms with Crippen LogP contribution in [0.3, 0.4) is 0 Å². The Morgan fingerprint density at radius 3 is 2.43 bits per heavy atom. The fourth-order valence-corrected chi connectivity index (χ4v) is 3.26. The van der Waals surface area contributed by atoms with Crippen LogP contribution in [0.15, 0.2) is 63.9 Å². The first kappa shape index (κ1) is 19.5. The molecule has 152 valence electrons. The van der Waals surface area contributed by atoms with E-state index in [1.807, 2.05) is 42.5 Å². The lowest BCUT2D eigenvalue weighted by Crippen LogP contribution is -2.36. The number of nitrogens with zero attached hydrogens (tertiary/aromatic N) is 5. The van der Waals surface area contributed by atoms with Gasteiger partial charge in [0, 0.05) is 18.0 Å². The standard InChI is InChI=1S/C22H21N5O3/c1-14(21-23-15(2)25-30-21)26(3)19(28)13-27-22(29)18-12-8-7-11-17(18)20(24-27)16-9-5-4-6-10-16/h4-12,14H,13H2,1-3H3. The third-order valence-corrected chi connectivity index (χ3v) is 5.08. The molecule has 0 aliphatic carbocycles. The maximum Gasteiger partial charge on any atom is 0.275 e. The molecule has 0 aliphatic heterocycles. The van der Waals surface area contributed by atoms with Crippen molar-refractivity contribution in [1.82, 2.24) is 24.8 Å². The number of amides is 1. The van der Waals surface area contributed by atoms with Crippen molar-refractivity contribution in [3.8, 4) is 11.3 Å². The van der Waals surface area contributed by atoms with E-state index < -0.39 is 6.04 Å². The zero-order valence-electron chi connectivity index (χ0n) is 16.9. The van der Waals surface area contributed by atoms with Gasteiger partial charge in [-0.25, -0.2) is 4.68 Å². The average Bonchev–Trinajstić information content (AvgIpc) is 3.21. The molecule has 2 heterocycles. The van der Waals surface area contributed by atoms with Gasteiger partial charge in [0.05, 0.1) is 11.1 Å². The van der Waals surface area contributed by atoms with E-state index >= 15 is 0 Å². The number of fused-ring (bicyclic) bond motifs is 1. The molecule has 0 fully saturated rings. The van der Waals surface area contributed by atoms with Gasteiger partial charge in [-0.1, -0.05) is 53.7 Å². The van der Waals surface area contributed by atoms with E-state index in [-0.39, 0.29) is 18.0 Å². The Labute approximate surface area is 172 Å². The van der Waals surface area contributed by atoms with Crippen molar-refractivity contribution in [3.63, 3.8) is 0 Å². The number of hydrogen-bond acceptors (Lipinski definition) is 6. The number of benzene rings is 2. The Kier molecular flexibility index (Phi) is 5.14. The summed E-state index contributed by atoms with van der Waals surface area (Å²) in [6, 6.07) is 16.5. The van der Waals surface area contributed by atoms with Gasteiger partial charge in [-0.3, -0.25) is 9.59 Å². The molecule has 0 N–H and O–H groups in total. The van der Waals surface area contributed by atoms with E-state index in [1.54, 1.807) is 33.0 Å². The highest BCUT2D eigenvalue weighted by atomic mass is 16.5. The predicted molar refractivity (Wildman–Crippen MR) is 112 cm³/mol. The van der Waals surface area contributed by atoms with Crippen LogP contribution >= 0.6 is 0 Å². The first-order valence-electron chi connectivity index (χ1n) is 9.57. The quantitative estimate of drug-likeness (QED) is 0.508. The fraction of sp³-hybridized carbons (Fsp3) is 0.227. The largest absolute Gasteiger partial charge is 0.337 e. The second kappa shape index (κ2) is 7.90. The lowest BCUT2D eigenvalue weighted by atomic mass is 10.1. The third-order valence-electron chi connectivity index (χ3n) is 5.08. The van der Waals surface area contributed by atoms with Crippen molar-refractivity contribution in [1.29, 1.82) is 0 Å². The van der Waals surface area contributed by atoms with Crippen LogP contribution in [0.5, 0.6) is 0 Å². The first-order valence-corrected chi connectivity index (χ1v) is 9.57. The summed E-state index contributed by atoms with van der Waals surface area (Å²) in [6.45, 7) is 3.31.